The molecule has 6 heteroatoms. The Morgan fingerprint density at radius 2 is 2.35 bits per heavy atom. The van der Waals surface area contributed by atoms with Crippen molar-refractivity contribution >= 4 is 21.6 Å². The van der Waals surface area contributed by atoms with E-state index in [1.165, 1.54) is 22.8 Å². The average molecular weight is 275 g/mol. The summed E-state index contributed by atoms with van der Waals surface area (Å²) in [6.07, 6.45) is 4.73. The molecule has 0 N–H and O–H groups in total. The molecule has 1 aromatic heterocycles. The van der Waals surface area contributed by atoms with Crippen LogP contribution in [0.25, 0.3) is 0 Å². The molecule has 0 radical (unpaired) electrons. The summed E-state index contributed by atoms with van der Waals surface area (Å²) >= 11 is 5.91. The minimum Gasteiger partial charge on any atom is -0.263 e. The summed E-state index contributed by atoms with van der Waals surface area (Å²) in [5.74, 6) is 0.459. The lowest BCUT2D eigenvalue weighted by molar-refractivity contribution is 0.453. The van der Waals surface area contributed by atoms with Crippen LogP contribution in [0.4, 0.5) is 0 Å². The summed E-state index contributed by atoms with van der Waals surface area (Å²) in [7, 11) is -3.47. The Bertz CT molecular complexity index is 504. The first-order valence-electron chi connectivity index (χ1n) is 5.65. The van der Waals surface area contributed by atoms with Crippen LogP contribution >= 0.6 is 11.6 Å². The summed E-state index contributed by atoms with van der Waals surface area (Å²) in [5.41, 5.74) is 0. The third kappa shape index (κ3) is 2.46. The van der Waals surface area contributed by atoms with Crippen molar-refractivity contribution in [3.63, 3.8) is 0 Å². The monoisotopic (exact) mass is 274 g/mol. The van der Waals surface area contributed by atoms with Gasteiger partial charge in [0.25, 0.3) is 0 Å². The molecule has 94 valence electrons. The fourth-order valence-corrected chi connectivity index (χ4v) is 3.98. The number of pyridine rings is 1. The fraction of sp³-hybridized carbons (Fsp3) is 0.545. The fourth-order valence-electron chi connectivity index (χ4n) is 2.04. The Balaban J connectivity index is 2.29. The number of hydrogen-bond acceptors (Lipinski definition) is 3. The van der Waals surface area contributed by atoms with Crippen LogP contribution in [0, 0.1) is 5.92 Å². The van der Waals surface area contributed by atoms with Crippen LogP contribution in [0.5, 0.6) is 0 Å². The van der Waals surface area contributed by atoms with Crippen molar-refractivity contribution in [3.05, 3.63) is 23.5 Å². The highest BCUT2D eigenvalue weighted by Gasteiger charge is 2.32. The number of sulfonamides is 1. The van der Waals surface area contributed by atoms with Gasteiger partial charge in [0.1, 0.15) is 4.90 Å². The molecule has 1 aromatic rings. The van der Waals surface area contributed by atoms with Gasteiger partial charge in [-0.3, -0.25) is 4.98 Å². The van der Waals surface area contributed by atoms with Crippen molar-refractivity contribution in [2.75, 3.05) is 13.1 Å². The van der Waals surface area contributed by atoms with E-state index in [1.54, 1.807) is 0 Å². The standard InChI is InChI=1S/C11H15ClN2O2S/c1-2-9-4-6-14(8-9)17(15,16)11-7-13-5-3-10(11)12/h3,5,7,9H,2,4,6,8H2,1H3. The van der Waals surface area contributed by atoms with E-state index in [9.17, 15) is 8.42 Å². The average Bonchev–Trinajstić information content (AvgIpc) is 2.78. The third-order valence-electron chi connectivity index (χ3n) is 3.18. The molecule has 1 fully saturated rings. The zero-order valence-electron chi connectivity index (χ0n) is 9.63. The number of rotatable bonds is 3. The van der Waals surface area contributed by atoms with Crippen molar-refractivity contribution in [3.8, 4) is 0 Å². The minimum absolute atomic E-state index is 0.110. The van der Waals surface area contributed by atoms with Crippen LogP contribution < -0.4 is 0 Å². The Hall–Kier alpha value is -0.650. The zero-order valence-corrected chi connectivity index (χ0v) is 11.2. The lowest BCUT2D eigenvalue weighted by Crippen LogP contribution is -2.29. The molecule has 17 heavy (non-hydrogen) atoms. The molecule has 1 atom stereocenters. The largest absolute Gasteiger partial charge is 0.263 e. The first-order valence-corrected chi connectivity index (χ1v) is 7.47. The molecule has 0 saturated carbocycles. The van der Waals surface area contributed by atoms with Gasteiger partial charge in [-0.1, -0.05) is 24.9 Å². The number of halogens is 1. The van der Waals surface area contributed by atoms with Gasteiger partial charge in [0, 0.05) is 25.5 Å². The van der Waals surface area contributed by atoms with Gasteiger partial charge < -0.3 is 0 Å². The molecule has 1 aliphatic heterocycles. The van der Waals surface area contributed by atoms with E-state index in [2.05, 4.69) is 11.9 Å². The molecule has 1 saturated heterocycles. The lowest BCUT2D eigenvalue weighted by Gasteiger charge is -2.16. The van der Waals surface area contributed by atoms with Crippen molar-refractivity contribution in [1.82, 2.24) is 9.29 Å². The maximum Gasteiger partial charge on any atom is 0.246 e. The van der Waals surface area contributed by atoms with E-state index in [0.29, 0.717) is 19.0 Å². The number of aromatic nitrogens is 1. The van der Waals surface area contributed by atoms with Crippen LogP contribution in [0.1, 0.15) is 19.8 Å². The van der Waals surface area contributed by atoms with E-state index in [1.807, 2.05) is 0 Å². The second-order valence-electron chi connectivity index (χ2n) is 4.23. The van der Waals surface area contributed by atoms with Gasteiger partial charge in [0.05, 0.1) is 5.02 Å². The van der Waals surface area contributed by atoms with Gasteiger partial charge >= 0.3 is 0 Å². The molecule has 0 amide bonds. The van der Waals surface area contributed by atoms with Gasteiger partial charge in [0.15, 0.2) is 0 Å². The minimum atomic E-state index is -3.47. The van der Waals surface area contributed by atoms with E-state index in [-0.39, 0.29) is 9.92 Å². The predicted octanol–water partition coefficient (Wildman–Crippen LogP) is 2.16. The summed E-state index contributed by atoms with van der Waals surface area (Å²) in [5, 5.41) is 0.236. The van der Waals surface area contributed by atoms with Crippen molar-refractivity contribution in [2.45, 2.75) is 24.7 Å². The van der Waals surface area contributed by atoms with Crippen LogP contribution in [0.15, 0.2) is 23.4 Å². The Kier molecular flexibility index (Phi) is 3.70. The number of hydrogen-bond donors (Lipinski definition) is 0. The maximum absolute atomic E-state index is 12.3. The van der Waals surface area contributed by atoms with Gasteiger partial charge in [-0.2, -0.15) is 4.31 Å². The zero-order chi connectivity index (χ0) is 12.5. The Labute approximate surface area is 107 Å². The third-order valence-corrected chi connectivity index (χ3v) is 5.51. The molecule has 1 unspecified atom stereocenters. The molecule has 2 heterocycles. The first-order chi connectivity index (χ1) is 8.05. The lowest BCUT2D eigenvalue weighted by atomic mass is 10.1. The van der Waals surface area contributed by atoms with Crippen molar-refractivity contribution in [1.29, 1.82) is 0 Å². The summed E-state index contributed by atoms with van der Waals surface area (Å²) < 4.78 is 26.1. The van der Waals surface area contributed by atoms with Gasteiger partial charge in [-0.05, 0) is 18.4 Å². The predicted molar refractivity (Wildman–Crippen MR) is 66.4 cm³/mol. The van der Waals surface area contributed by atoms with Crippen molar-refractivity contribution in [2.24, 2.45) is 5.92 Å². The summed E-state index contributed by atoms with van der Waals surface area (Å²) in [4.78, 5) is 3.94. The topological polar surface area (TPSA) is 50.3 Å². The normalized spacial score (nSPS) is 21.9. The molecular formula is C11H15ClN2O2S. The van der Waals surface area contributed by atoms with Gasteiger partial charge in [0.2, 0.25) is 10.0 Å². The Morgan fingerprint density at radius 3 is 2.94 bits per heavy atom. The maximum atomic E-state index is 12.3. The highest BCUT2D eigenvalue weighted by Crippen LogP contribution is 2.28. The van der Waals surface area contributed by atoms with Crippen LogP contribution in [0.3, 0.4) is 0 Å². The van der Waals surface area contributed by atoms with Crippen LogP contribution in [-0.2, 0) is 10.0 Å². The highest BCUT2D eigenvalue weighted by molar-refractivity contribution is 7.89. The smallest absolute Gasteiger partial charge is 0.246 e. The quantitative estimate of drug-likeness (QED) is 0.849. The van der Waals surface area contributed by atoms with E-state index >= 15 is 0 Å². The molecule has 0 spiro atoms. The van der Waals surface area contributed by atoms with Crippen LogP contribution in [0.2, 0.25) is 5.02 Å². The SMILES string of the molecule is CCC1CCN(S(=O)(=O)c2cnccc2Cl)C1. The highest BCUT2D eigenvalue weighted by atomic mass is 35.5. The first kappa shape index (κ1) is 12.8. The molecule has 0 bridgehead atoms. The summed E-state index contributed by atoms with van der Waals surface area (Å²) in [6, 6.07) is 1.50. The molecule has 1 aliphatic rings. The molecule has 0 aromatic carbocycles. The Morgan fingerprint density at radius 1 is 1.59 bits per heavy atom. The van der Waals surface area contributed by atoms with Gasteiger partial charge in [-0.25, -0.2) is 8.42 Å². The second-order valence-corrected chi connectivity index (χ2v) is 6.55. The summed E-state index contributed by atoms with van der Waals surface area (Å²) in [6.45, 7) is 3.24. The van der Waals surface area contributed by atoms with Crippen molar-refractivity contribution < 1.29 is 8.42 Å². The van der Waals surface area contributed by atoms with E-state index in [4.69, 9.17) is 11.6 Å². The second kappa shape index (κ2) is 4.92. The molecule has 4 nitrogen and oxygen atoms in total. The van der Waals surface area contributed by atoms with Crippen LogP contribution in [-0.4, -0.2) is 30.8 Å². The van der Waals surface area contributed by atoms with Gasteiger partial charge in [-0.15, -0.1) is 0 Å². The van der Waals surface area contributed by atoms with E-state index in [0.717, 1.165) is 12.8 Å². The van der Waals surface area contributed by atoms with E-state index < -0.39 is 10.0 Å². The molecule has 2 rings (SSSR count). The molecule has 0 aliphatic carbocycles. The molecular weight excluding hydrogens is 260 g/mol. The number of nitrogens with zero attached hydrogens (tertiary/aromatic N) is 2.